The first-order valence-corrected chi connectivity index (χ1v) is 7.38. The van der Waals surface area contributed by atoms with E-state index in [4.69, 9.17) is 16.3 Å². The van der Waals surface area contributed by atoms with Crippen molar-refractivity contribution in [1.82, 2.24) is 15.0 Å². The van der Waals surface area contributed by atoms with E-state index in [0.29, 0.717) is 18.5 Å². The summed E-state index contributed by atoms with van der Waals surface area (Å²) in [5, 5.41) is 0.237. The Morgan fingerprint density at radius 1 is 1.25 bits per heavy atom. The van der Waals surface area contributed by atoms with Crippen LogP contribution >= 0.6 is 11.6 Å². The predicted molar refractivity (Wildman–Crippen MR) is 80.6 cm³/mol. The molecule has 20 heavy (non-hydrogen) atoms. The van der Waals surface area contributed by atoms with E-state index in [1.807, 2.05) is 0 Å². The van der Waals surface area contributed by atoms with Crippen molar-refractivity contribution >= 4 is 23.5 Å². The highest BCUT2D eigenvalue weighted by Gasteiger charge is 2.29. The Bertz CT molecular complexity index is 464. The van der Waals surface area contributed by atoms with Crippen molar-refractivity contribution < 1.29 is 4.74 Å². The number of ether oxygens (including phenoxy) is 1. The third-order valence-electron chi connectivity index (χ3n) is 3.34. The van der Waals surface area contributed by atoms with E-state index < -0.39 is 0 Å². The molecule has 7 heteroatoms. The summed E-state index contributed by atoms with van der Waals surface area (Å²) in [6.45, 7) is 12.1. The van der Waals surface area contributed by atoms with E-state index >= 15 is 0 Å². The van der Waals surface area contributed by atoms with E-state index in [0.717, 1.165) is 26.2 Å². The summed E-state index contributed by atoms with van der Waals surface area (Å²) in [5.74, 6) is 1.26. The lowest BCUT2D eigenvalue weighted by molar-refractivity contribution is -0.0281. The van der Waals surface area contributed by atoms with Gasteiger partial charge in [-0.15, -0.1) is 0 Å². The number of anilines is 2. The molecule has 112 valence electrons. The molecule has 0 amide bonds. The van der Waals surface area contributed by atoms with Gasteiger partial charge in [0.25, 0.3) is 0 Å². The zero-order valence-electron chi connectivity index (χ0n) is 12.6. The van der Waals surface area contributed by atoms with Crippen LogP contribution < -0.4 is 9.80 Å². The van der Waals surface area contributed by atoms with Crippen molar-refractivity contribution in [2.45, 2.75) is 33.3 Å². The van der Waals surface area contributed by atoms with E-state index in [9.17, 15) is 0 Å². The van der Waals surface area contributed by atoms with Crippen molar-refractivity contribution in [3.63, 3.8) is 0 Å². The fourth-order valence-electron chi connectivity index (χ4n) is 2.31. The van der Waals surface area contributed by atoms with Crippen LogP contribution in [0.15, 0.2) is 0 Å². The molecule has 0 aromatic carbocycles. The zero-order chi connectivity index (χ0) is 14.8. The van der Waals surface area contributed by atoms with Crippen LogP contribution in [0.3, 0.4) is 0 Å². The van der Waals surface area contributed by atoms with Gasteiger partial charge in [0.15, 0.2) is 0 Å². The number of hydrogen-bond acceptors (Lipinski definition) is 6. The minimum absolute atomic E-state index is 0.202. The molecule has 0 N–H and O–H groups in total. The van der Waals surface area contributed by atoms with Gasteiger partial charge in [-0.25, -0.2) is 0 Å². The lowest BCUT2D eigenvalue weighted by Gasteiger charge is -2.38. The Balaban J connectivity index is 2.27. The third-order valence-corrected chi connectivity index (χ3v) is 3.51. The largest absolute Gasteiger partial charge is 0.372 e. The fourth-order valence-corrected chi connectivity index (χ4v) is 2.46. The van der Waals surface area contributed by atoms with E-state index in [1.165, 1.54) is 0 Å². The second-order valence-corrected chi connectivity index (χ2v) is 5.74. The Morgan fingerprint density at radius 2 is 1.95 bits per heavy atom. The van der Waals surface area contributed by atoms with Crippen LogP contribution in [0.2, 0.25) is 5.28 Å². The summed E-state index contributed by atoms with van der Waals surface area (Å²) in [6, 6.07) is 0. The summed E-state index contributed by atoms with van der Waals surface area (Å²) in [5.41, 5.74) is -0.202. The first-order valence-electron chi connectivity index (χ1n) is 7.00. The molecule has 0 spiro atoms. The quantitative estimate of drug-likeness (QED) is 0.847. The van der Waals surface area contributed by atoms with Gasteiger partial charge in [0.2, 0.25) is 17.2 Å². The van der Waals surface area contributed by atoms with Crippen molar-refractivity contribution in [2.75, 3.05) is 42.6 Å². The number of halogens is 1. The highest BCUT2D eigenvalue weighted by Crippen LogP contribution is 2.22. The number of morpholine rings is 1. The van der Waals surface area contributed by atoms with Crippen molar-refractivity contribution in [2.24, 2.45) is 0 Å². The minimum atomic E-state index is -0.202. The lowest BCUT2D eigenvalue weighted by atomic mass is 10.1. The Hall–Kier alpha value is -1.14. The predicted octanol–water partition coefficient (Wildman–Crippen LogP) is 1.99. The van der Waals surface area contributed by atoms with Gasteiger partial charge >= 0.3 is 0 Å². The maximum absolute atomic E-state index is 6.05. The summed E-state index contributed by atoms with van der Waals surface area (Å²) >= 11 is 6.05. The maximum atomic E-state index is 6.05. The monoisotopic (exact) mass is 299 g/mol. The maximum Gasteiger partial charge on any atom is 0.231 e. The SMILES string of the molecule is CCN(CC)c1nc(Cl)nc(N2CCOC(C)(C)C2)n1. The molecule has 0 unspecified atom stereocenters. The average Bonchev–Trinajstić information content (AvgIpc) is 2.38. The number of hydrogen-bond donors (Lipinski definition) is 0. The van der Waals surface area contributed by atoms with E-state index in [2.05, 4.69) is 52.4 Å². The molecule has 1 aliphatic heterocycles. The van der Waals surface area contributed by atoms with Crippen molar-refractivity contribution in [1.29, 1.82) is 0 Å². The Labute approximate surface area is 125 Å². The highest BCUT2D eigenvalue weighted by molar-refractivity contribution is 6.28. The van der Waals surface area contributed by atoms with E-state index in [-0.39, 0.29) is 10.9 Å². The van der Waals surface area contributed by atoms with E-state index in [1.54, 1.807) is 0 Å². The second kappa shape index (κ2) is 6.10. The van der Waals surface area contributed by atoms with Crippen molar-refractivity contribution in [3.8, 4) is 0 Å². The third kappa shape index (κ3) is 3.49. The standard InChI is InChI=1S/C13H22ClN5O/c1-5-18(6-2)11-15-10(14)16-12(17-11)19-7-8-20-13(3,4)9-19/h5-9H2,1-4H3. The number of nitrogens with zero attached hydrogens (tertiary/aromatic N) is 5. The molecule has 1 aromatic heterocycles. The smallest absolute Gasteiger partial charge is 0.231 e. The summed E-state index contributed by atoms with van der Waals surface area (Å²) in [4.78, 5) is 17.2. The molecule has 0 bridgehead atoms. The van der Waals surface area contributed by atoms with Crippen LogP contribution in [0.4, 0.5) is 11.9 Å². The first-order chi connectivity index (χ1) is 9.45. The Kier molecular flexibility index (Phi) is 4.65. The molecule has 1 saturated heterocycles. The lowest BCUT2D eigenvalue weighted by Crippen LogP contribution is -2.49. The second-order valence-electron chi connectivity index (χ2n) is 5.41. The van der Waals surface area contributed by atoms with Gasteiger partial charge in [0.1, 0.15) is 0 Å². The van der Waals surface area contributed by atoms with Crippen LogP contribution in [0.1, 0.15) is 27.7 Å². The van der Waals surface area contributed by atoms with Gasteiger partial charge in [-0.2, -0.15) is 15.0 Å². The molecule has 0 saturated carbocycles. The van der Waals surface area contributed by atoms with Crippen LogP contribution in [0.25, 0.3) is 0 Å². The van der Waals surface area contributed by atoms with Crippen LogP contribution in [0, 0.1) is 0 Å². The van der Waals surface area contributed by atoms with Gasteiger partial charge in [0.05, 0.1) is 12.2 Å². The van der Waals surface area contributed by atoms with Crippen LogP contribution in [-0.4, -0.2) is 53.3 Å². The molecule has 2 heterocycles. The van der Waals surface area contributed by atoms with Gasteiger partial charge < -0.3 is 14.5 Å². The van der Waals surface area contributed by atoms with Crippen LogP contribution in [-0.2, 0) is 4.74 Å². The molecular weight excluding hydrogens is 278 g/mol. The molecule has 1 aliphatic rings. The van der Waals surface area contributed by atoms with Crippen LogP contribution in [0.5, 0.6) is 0 Å². The zero-order valence-corrected chi connectivity index (χ0v) is 13.3. The average molecular weight is 300 g/mol. The number of aromatic nitrogens is 3. The molecule has 1 fully saturated rings. The molecule has 2 rings (SSSR count). The molecule has 6 nitrogen and oxygen atoms in total. The highest BCUT2D eigenvalue weighted by atomic mass is 35.5. The van der Waals surface area contributed by atoms with Gasteiger partial charge in [0, 0.05) is 26.2 Å². The molecule has 0 atom stereocenters. The number of rotatable bonds is 4. The Morgan fingerprint density at radius 3 is 2.55 bits per heavy atom. The summed E-state index contributed by atoms with van der Waals surface area (Å²) in [7, 11) is 0. The molecule has 0 aliphatic carbocycles. The van der Waals surface area contributed by atoms with Crippen molar-refractivity contribution in [3.05, 3.63) is 5.28 Å². The minimum Gasteiger partial charge on any atom is -0.372 e. The molecular formula is C13H22ClN5O. The fraction of sp³-hybridized carbons (Fsp3) is 0.769. The summed E-state index contributed by atoms with van der Waals surface area (Å²) in [6.07, 6.45) is 0. The summed E-state index contributed by atoms with van der Waals surface area (Å²) < 4.78 is 5.71. The van der Waals surface area contributed by atoms with Gasteiger partial charge in [-0.3, -0.25) is 0 Å². The molecule has 1 aromatic rings. The molecule has 0 radical (unpaired) electrons. The normalized spacial score (nSPS) is 18.1. The first kappa shape index (κ1) is 15.3. The topological polar surface area (TPSA) is 54.4 Å². The van der Waals surface area contributed by atoms with Gasteiger partial charge in [-0.05, 0) is 39.3 Å². The van der Waals surface area contributed by atoms with Gasteiger partial charge in [-0.1, -0.05) is 0 Å².